The molecule has 0 unspecified atom stereocenters. The van der Waals surface area contributed by atoms with E-state index in [1.807, 2.05) is 35.8 Å². The Morgan fingerprint density at radius 1 is 1.46 bits per heavy atom. The van der Waals surface area contributed by atoms with E-state index in [9.17, 15) is 4.79 Å². The first-order valence-electron chi connectivity index (χ1n) is 8.22. The topological polar surface area (TPSA) is 71.9 Å². The summed E-state index contributed by atoms with van der Waals surface area (Å²) in [5, 5.41) is 9.96. The third kappa shape index (κ3) is 2.67. The van der Waals surface area contributed by atoms with Gasteiger partial charge in [-0.1, -0.05) is 6.07 Å². The van der Waals surface area contributed by atoms with Gasteiger partial charge in [0, 0.05) is 24.8 Å². The van der Waals surface area contributed by atoms with Gasteiger partial charge in [-0.25, -0.2) is 0 Å². The predicted molar refractivity (Wildman–Crippen MR) is 92.7 cm³/mol. The molecule has 6 nitrogen and oxygen atoms in total. The quantitative estimate of drug-likeness (QED) is 0.840. The molecule has 2 N–H and O–H groups in total. The lowest BCUT2D eigenvalue weighted by molar-refractivity contribution is -0.118. The molecular formula is C17H20N4O2S. The fourth-order valence-electron chi connectivity index (χ4n) is 3.68. The van der Waals surface area contributed by atoms with Crippen LogP contribution in [0.15, 0.2) is 24.3 Å². The number of rotatable bonds is 3. The highest BCUT2D eigenvalue weighted by Crippen LogP contribution is 2.59. The van der Waals surface area contributed by atoms with Crippen LogP contribution < -0.4 is 5.32 Å². The molecule has 2 heterocycles. The molecule has 4 rings (SSSR count). The third-order valence-electron chi connectivity index (χ3n) is 5.21. The van der Waals surface area contributed by atoms with Crippen molar-refractivity contribution in [3.63, 3.8) is 0 Å². The van der Waals surface area contributed by atoms with Crippen molar-refractivity contribution in [2.45, 2.75) is 26.2 Å². The third-order valence-corrected chi connectivity index (χ3v) is 5.48. The zero-order valence-electron chi connectivity index (χ0n) is 13.5. The molecule has 2 fully saturated rings. The first-order valence-corrected chi connectivity index (χ1v) is 8.63. The molecule has 1 aromatic carbocycles. The van der Waals surface area contributed by atoms with E-state index in [2.05, 4.69) is 15.5 Å². The second-order valence-corrected chi connectivity index (χ2v) is 7.07. The number of carbonyl (C=O) groups is 1. The van der Waals surface area contributed by atoms with Crippen LogP contribution in [0.25, 0.3) is 5.69 Å². The molecule has 7 heteroatoms. The van der Waals surface area contributed by atoms with Crippen molar-refractivity contribution in [2.75, 3.05) is 18.5 Å². The average Bonchev–Trinajstić information content (AvgIpc) is 3.16. The molecule has 1 saturated carbocycles. The normalized spacial score (nSPS) is 21.6. The highest BCUT2D eigenvalue weighted by molar-refractivity contribution is 7.71. The van der Waals surface area contributed by atoms with Crippen LogP contribution in [0.5, 0.6) is 0 Å². The Labute approximate surface area is 145 Å². The maximum Gasteiger partial charge on any atom is 0.228 e. The van der Waals surface area contributed by atoms with Gasteiger partial charge in [0.25, 0.3) is 0 Å². The summed E-state index contributed by atoms with van der Waals surface area (Å²) in [5.74, 6) is 1.01. The number of aryl methyl sites for hydroxylation is 1. The number of nitrogens with one attached hydrogen (secondary N) is 2. The zero-order chi connectivity index (χ0) is 16.7. The summed E-state index contributed by atoms with van der Waals surface area (Å²) < 4.78 is 7.81. The van der Waals surface area contributed by atoms with Gasteiger partial charge in [-0.05, 0) is 62.0 Å². The molecule has 126 valence electrons. The highest BCUT2D eigenvalue weighted by atomic mass is 32.1. The Bertz CT molecular complexity index is 835. The van der Waals surface area contributed by atoms with Gasteiger partial charge in [-0.2, -0.15) is 5.10 Å². The average molecular weight is 344 g/mol. The Kier molecular flexibility index (Phi) is 3.77. The molecule has 0 bridgehead atoms. The lowest BCUT2D eigenvalue weighted by Gasteiger charge is -2.22. The Balaban J connectivity index is 1.51. The van der Waals surface area contributed by atoms with Gasteiger partial charge in [0.1, 0.15) is 5.82 Å². The summed E-state index contributed by atoms with van der Waals surface area (Å²) in [6, 6.07) is 7.69. The van der Waals surface area contributed by atoms with Crippen LogP contribution in [0, 0.1) is 23.0 Å². The number of anilines is 1. The van der Waals surface area contributed by atoms with Crippen molar-refractivity contribution in [2.24, 2.45) is 11.3 Å². The number of H-pyrrole nitrogens is 1. The molecule has 1 aliphatic heterocycles. The standard InChI is InChI=1S/C17H20N4O2S/c1-11-19-20-16(24)21(11)13-4-2-3-12(9-13)18-15(22)14-10-17(14)5-7-23-8-6-17/h2-4,9,14H,5-8,10H2,1H3,(H,18,22)(H,20,24)/t14-/m1/s1. The van der Waals surface area contributed by atoms with E-state index in [4.69, 9.17) is 17.0 Å². The molecule has 1 amide bonds. The molecule has 2 aromatic rings. The largest absolute Gasteiger partial charge is 0.381 e. The van der Waals surface area contributed by atoms with E-state index in [-0.39, 0.29) is 17.2 Å². The minimum absolute atomic E-state index is 0.113. The van der Waals surface area contributed by atoms with Crippen LogP contribution >= 0.6 is 12.2 Å². The van der Waals surface area contributed by atoms with E-state index in [1.54, 1.807) is 0 Å². The van der Waals surface area contributed by atoms with Crippen LogP contribution in [-0.2, 0) is 9.53 Å². The number of ether oxygens (including phenoxy) is 1. The van der Waals surface area contributed by atoms with Crippen molar-refractivity contribution in [3.8, 4) is 5.69 Å². The predicted octanol–water partition coefficient (Wildman–Crippen LogP) is 2.99. The van der Waals surface area contributed by atoms with Crippen LogP contribution in [-0.4, -0.2) is 33.9 Å². The number of amides is 1. The second kappa shape index (κ2) is 5.82. The number of aromatic amines is 1. The van der Waals surface area contributed by atoms with Crippen LogP contribution in [0.1, 0.15) is 25.1 Å². The fraction of sp³-hybridized carbons (Fsp3) is 0.471. The molecule has 1 saturated heterocycles. The molecule has 1 atom stereocenters. The smallest absolute Gasteiger partial charge is 0.228 e. The zero-order valence-corrected chi connectivity index (χ0v) is 14.4. The Morgan fingerprint density at radius 3 is 2.96 bits per heavy atom. The van der Waals surface area contributed by atoms with Crippen molar-refractivity contribution >= 4 is 23.8 Å². The summed E-state index contributed by atoms with van der Waals surface area (Å²) >= 11 is 5.26. The number of aromatic nitrogens is 3. The van der Waals surface area contributed by atoms with Crippen molar-refractivity contribution in [3.05, 3.63) is 34.9 Å². The molecular weight excluding hydrogens is 324 g/mol. The van der Waals surface area contributed by atoms with Gasteiger partial charge in [-0.15, -0.1) is 0 Å². The summed E-state index contributed by atoms with van der Waals surface area (Å²) in [4.78, 5) is 12.6. The van der Waals surface area contributed by atoms with Crippen LogP contribution in [0.3, 0.4) is 0 Å². The van der Waals surface area contributed by atoms with E-state index in [1.165, 1.54) is 0 Å². The first kappa shape index (κ1) is 15.5. The second-order valence-electron chi connectivity index (χ2n) is 6.68. The Morgan fingerprint density at radius 2 is 2.25 bits per heavy atom. The van der Waals surface area contributed by atoms with E-state index in [0.29, 0.717) is 4.77 Å². The van der Waals surface area contributed by atoms with E-state index in [0.717, 1.165) is 49.7 Å². The maximum absolute atomic E-state index is 12.6. The molecule has 2 aliphatic rings. The lowest BCUT2D eigenvalue weighted by atomic mass is 9.93. The number of nitrogens with zero attached hydrogens (tertiary/aromatic N) is 2. The number of hydrogen-bond acceptors (Lipinski definition) is 4. The van der Waals surface area contributed by atoms with Gasteiger partial charge in [-0.3, -0.25) is 14.5 Å². The van der Waals surface area contributed by atoms with Crippen molar-refractivity contribution in [1.82, 2.24) is 14.8 Å². The lowest BCUT2D eigenvalue weighted by Crippen LogP contribution is -2.24. The number of carbonyl (C=O) groups excluding carboxylic acids is 1. The van der Waals surface area contributed by atoms with Crippen molar-refractivity contribution < 1.29 is 9.53 Å². The minimum Gasteiger partial charge on any atom is -0.381 e. The highest BCUT2D eigenvalue weighted by Gasteiger charge is 2.57. The van der Waals surface area contributed by atoms with E-state index >= 15 is 0 Å². The van der Waals surface area contributed by atoms with Crippen molar-refractivity contribution in [1.29, 1.82) is 0 Å². The SMILES string of the molecule is Cc1n[nH]c(=S)n1-c1cccc(NC(=O)[C@H]2CC23CCOCC3)c1. The summed E-state index contributed by atoms with van der Waals surface area (Å²) in [6.07, 6.45) is 2.97. The maximum atomic E-state index is 12.6. The van der Waals surface area contributed by atoms with Gasteiger partial charge in [0.2, 0.25) is 5.91 Å². The van der Waals surface area contributed by atoms with Gasteiger partial charge < -0.3 is 10.1 Å². The molecule has 1 aromatic heterocycles. The molecule has 1 spiro atoms. The van der Waals surface area contributed by atoms with Gasteiger partial charge >= 0.3 is 0 Å². The summed E-state index contributed by atoms with van der Waals surface area (Å²) in [6.45, 7) is 3.44. The number of benzene rings is 1. The van der Waals surface area contributed by atoms with Gasteiger partial charge in [0.15, 0.2) is 4.77 Å². The summed E-state index contributed by atoms with van der Waals surface area (Å²) in [5.41, 5.74) is 1.86. The van der Waals surface area contributed by atoms with Gasteiger partial charge in [0.05, 0.1) is 5.69 Å². The fourth-order valence-corrected chi connectivity index (χ4v) is 3.96. The number of hydrogen-bond donors (Lipinski definition) is 2. The van der Waals surface area contributed by atoms with E-state index < -0.39 is 0 Å². The molecule has 24 heavy (non-hydrogen) atoms. The van der Waals surface area contributed by atoms with Crippen LogP contribution in [0.2, 0.25) is 0 Å². The first-order chi connectivity index (χ1) is 11.6. The summed E-state index contributed by atoms with van der Waals surface area (Å²) in [7, 11) is 0. The Hall–Kier alpha value is -1.99. The monoisotopic (exact) mass is 344 g/mol. The minimum atomic E-state index is 0.113. The van der Waals surface area contributed by atoms with Crippen LogP contribution in [0.4, 0.5) is 5.69 Å². The molecule has 0 radical (unpaired) electrons. The molecule has 1 aliphatic carbocycles.